The molecule has 3 rings (SSSR count). The molecule has 2 unspecified atom stereocenters. The van der Waals surface area contributed by atoms with Gasteiger partial charge in [0.05, 0.1) is 35.4 Å². The fourth-order valence-corrected chi connectivity index (χ4v) is 4.46. The van der Waals surface area contributed by atoms with Crippen LogP contribution in [0.5, 0.6) is 0 Å². The maximum Gasteiger partial charge on any atom is 0.0796 e. The molecule has 0 amide bonds. The lowest BCUT2D eigenvalue weighted by molar-refractivity contribution is 0.303. The number of aromatic nitrogens is 9. The average Bonchev–Trinajstić information content (AvgIpc) is 3.53. The first kappa shape index (κ1) is 25.1. The summed E-state index contributed by atoms with van der Waals surface area (Å²) in [6.07, 6.45) is 19.1. The van der Waals surface area contributed by atoms with Gasteiger partial charge in [-0.25, -0.2) is 14.0 Å². The molecule has 182 valence electrons. The summed E-state index contributed by atoms with van der Waals surface area (Å²) >= 11 is 0. The molecule has 3 aromatic heterocycles. The van der Waals surface area contributed by atoms with Gasteiger partial charge < -0.3 is 0 Å². The second-order valence-corrected chi connectivity index (χ2v) is 9.36. The van der Waals surface area contributed by atoms with Crippen LogP contribution < -0.4 is 0 Å². The van der Waals surface area contributed by atoms with Crippen molar-refractivity contribution >= 4 is 0 Å². The minimum atomic E-state index is 0.312. The molecule has 9 nitrogen and oxygen atoms in total. The number of unbranched alkanes of at least 4 members (excludes halogenated alkanes) is 5. The Hall–Kier alpha value is -2.58. The van der Waals surface area contributed by atoms with Crippen molar-refractivity contribution in [3.63, 3.8) is 0 Å². The van der Waals surface area contributed by atoms with Crippen molar-refractivity contribution in [1.82, 2.24) is 45.0 Å². The third-order valence-corrected chi connectivity index (χ3v) is 6.44. The topological polar surface area (TPSA) is 92.1 Å². The van der Waals surface area contributed by atoms with Crippen LogP contribution in [0.15, 0.2) is 18.6 Å². The van der Waals surface area contributed by atoms with E-state index in [9.17, 15) is 0 Å². The third-order valence-electron chi connectivity index (χ3n) is 6.44. The van der Waals surface area contributed by atoms with Gasteiger partial charge >= 0.3 is 0 Å². The molecule has 2 atom stereocenters. The smallest absolute Gasteiger partial charge is 0.0796 e. The Bertz CT molecular complexity index is 926. The Morgan fingerprint density at radius 2 is 1.27 bits per heavy atom. The molecule has 0 N–H and O–H groups in total. The quantitative estimate of drug-likeness (QED) is 0.276. The van der Waals surface area contributed by atoms with E-state index in [1.807, 2.05) is 31.6 Å². The van der Waals surface area contributed by atoms with Crippen molar-refractivity contribution < 1.29 is 0 Å². The zero-order valence-electron chi connectivity index (χ0n) is 20.9. The Kier molecular flexibility index (Phi) is 10.0. The van der Waals surface area contributed by atoms with E-state index >= 15 is 0 Å². The van der Waals surface area contributed by atoms with Gasteiger partial charge in [0.25, 0.3) is 0 Å². The molecule has 0 aliphatic rings. The molecule has 9 heteroatoms. The van der Waals surface area contributed by atoms with E-state index in [1.54, 1.807) is 0 Å². The number of nitrogens with zero attached hydrogens (tertiary/aromatic N) is 9. The van der Waals surface area contributed by atoms with Gasteiger partial charge in [0, 0.05) is 18.9 Å². The molecule has 0 fully saturated rings. The summed E-state index contributed by atoms with van der Waals surface area (Å²) < 4.78 is 6.12. The SMILES string of the molecule is CCCCCCCCC(CCC(CCCn1nncc1C)n1cc(C)nn1)n1cc(C)nn1. The van der Waals surface area contributed by atoms with E-state index in [1.165, 1.54) is 38.5 Å². The van der Waals surface area contributed by atoms with Gasteiger partial charge in [0.2, 0.25) is 0 Å². The summed E-state index contributed by atoms with van der Waals surface area (Å²) in [5, 5.41) is 25.5. The maximum atomic E-state index is 4.42. The molecule has 0 aliphatic carbocycles. The second-order valence-electron chi connectivity index (χ2n) is 9.36. The first-order chi connectivity index (χ1) is 16.1. The summed E-state index contributed by atoms with van der Waals surface area (Å²) in [5.41, 5.74) is 3.04. The van der Waals surface area contributed by atoms with Gasteiger partial charge in [0.1, 0.15) is 0 Å². The molecule has 0 aromatic carbocycles. The highest BCUT2D eigenvalue weighted by atomic mass is 15.4. The van der Waals surface area contributed by atoms with E-state index in [2.05, 4.69) is 59.6 Å². The molecule has 0 bridgehead atoms. The highest BCUT2D eigenvalue weighted by molar-refractivity contribution is 4.91. The Balaban J connectivity index is 1.58. The predicted molar refractivity (Wildman–Crippen MR) is 129 cm³/mol. The number of rotatable bonds is 16. The van der Waals surface area contributed by atoms with Gasteiger partial charge in [-0.1, -0.05) is 61.1 Å². The summed E-state index contributed by atoms with van der Waals surface area (Å²) in [7, 11) is 0. The van der Waals surface area contributed by atoms with Crippen molar-refractivity contribution in [3.8, 4) is 0 Å². The van der Waals surface area contributed by atoms with Crippen molar-refractivity contribution in [2.45, 2.75) is 117 Å². The van der Waals surface area contributed by atoms with Gasteiger partial charge in [-0.05, 0) is 52.9 Å². The van der Waals surface area contributed by atoms with Crippen LogP contribution in [-0.4, -0.2) is 45.0 Å². The number of hydrogen-bond acceptors (Lipinski definition) is 6. The van der Waals surface area contributed by atoms with Crippen LogP contribution in [0, 0.1) is 20.8 Å². The van der Waals surface area contributed by atoms with E-state index in [0.29, 0.717) is 12.1 Å². The molecule has 3 heterocycles. The molecule has 0 saturated carbocycles. The van der Waals surface area contributed by atoms with E-state index in [-0.39, 0.29) is 0 Å². The van der Waals surface area contributed by atoms with Crippen LogP contribution >= 0.6 is 0 Å². The van der Waals surface area contributed by atoms with Crippen molar-refractivity contribution in [3.05, 3.63) is 35.7 Å². The Morgan fingerprint density at radius 1 is 0.697 bits per heavy atom. The Morgan fingerprint density at radius 3 is 1.79 bits per heavy atom. The fourth-order valence-electron chi connectivity index (χ4n) is 4.46. The first-order valence-electron chi connectivity index (χ1n) is 12.7. The Labute approximate surface area is 198 Å². The standard InChI is InChI=1S/C24H41N9/c1-5-6-7-8-9-10-12-23(32-18-20(2)26-29-32)14-15-24(33-19-21(3)27-30-33)13-11-16-31-22(4)17-25-28-31/h17-19,23-24H,5-16H2,1-4H3. The van der Waals surface area contributed by atoms with Crippen LogP contribution in [0.4, 0.5) is 0 Å². The first-order valence-corrected chi connectivity index (χ1v) is 12.7. The van der Waals surface area contributed by atoms with Crippen LogP contribution in [0.1, 0.15) is 107 Å². The predicted octanol–water partition coefficient (Wildman–Crippen LogP) is 5.18. The summed E-state index contributed by atoms with van der Waals surface area (Å²) in [4.78, 5) is 0. The van der Waals surface area contributed by atoms with Crippen LogP contribution in [-0.2, 0) is 6.54 Å². The lowest BCUT2D eigenvalue weighted by Crippen LogP contribution is -2.16. The second kappa shape index (κ2) is 13.2. The molecule has 0 radical (unpaired) electrons. The highest BCUT2D eigenvalue weighted by Crippen LogP contribution is 2.28. The monoisotopic (exact) mass is 455 g/mol. The molecule has 33 heavy (non-hydrogen) atoms. The van der Waals surface area contributed by atoms with E-state index in [0.717, 1.165) is 55.7 Å². The number of aryl methyl sites for hydroxylation is 4. The van der Waals surface area contributed by atoms with Gasteiger partial charge in [-0.3, -0.25) is 0 Å². The van der Waals surface area contributed by atoms with Crippen molar-refractivity contribution in [2.24, 2.45) is 0 Å². The molecule has 0 spiro atoms. The van der Waals surface area contributed by atoms with Crippen molar-refractivity contribution in [2.75, 3.05) is 0 Å². The van der Waals surface area contributed by atoms with Crippen LogP contribution in [0.25, 0.3) is 0 Å². The van der Waals surface area contributed by atoms with E-state index in [4.69, 9.17) is 0 Å². The van der Waals surface area contributed by atoms with Crippen molar-refractivity contribution in [1.29, 1.82) is 0 Å². The lowest BCUT2D eigenvalue weighted by atomic mass is 9.98. The molecule has 0 saturated heterocycles. The minimum absolute atomic E-state index is 0.312. The maximum absolute atomic E-state index is 4.42. The van der Waals surface area contributed by atoms with Gasteiger partial charge in [-0.2, -0.15) is 0 Å². The van der Waals surface area contributed by atoms with E-state index < -0.39 is 0 Å². The van der Waals surface area contributed by atoms with Crippen LogP contribution in [0.2, 0.25) is 0 Å². The third kappa shape index (κ3) is 8.05. The fraction of sp³-hybridized carbons (Fsp3) is 0.750. The normalized spacial score (nSPS) is 13.5. The summed E-state index contributed by atoms with van der Waals surface area (Å²) in [5.74, 6) is 0. The molecule has 3 aromatic rings. The minimum Gasteiger partial charge on any atom is -0.250 e. The van der Waals surface area contributed by atoms with Gasteiger partial charge in [-0.15, -0.1) is 15.3 Å². The number of hydrogen-bond donors (Lipinski definition) is 0. The highest BCUT2D eigenvalue weighted by Gasteiger charge is 2.19. The zero-order valence-corrected chi connectivity index (χ0v) is 20.9. The van der Waals surface area contributed by atoms with Crippen LogP contribution in [0.3, 0.4) is 0 Å². The average molecular weight is 456 g/mol. The lowest BCUT2D eigenvalue weighted by Gasteiger charge is -2.22. The molecular weight excluding hydrogens is 414 g/mol. The summed E-state index contributed by atoms with van der Waals surface area (Å²) in [6, 6.07) is 0.689. The summed E-state index contributed by atoms with van der Waals surface area (Å²) in [6.45, 7) is 9.20. The molecule has 0 aliphatic heterocycles. The zero-order chi connectivity index (χ0) is 23.5. The van der Waals surface area contributed by atoms with Gasteiger partial charge in [0.15, 0.2) is 0 Å². The largest absolute Gasteiger partial charge is 0.250 e. The molecular formula is C24H41N9.